The minimum absolute atomic E-state index is 0.175. The van der Waals surface area contributed by atoms with Crippen LogP contribution in [-0.4, -0.2) is 70.2 Å². The van der Waals surface area contributed by atoms with Crippen LogP contribution >= 0.6 is 23.2 Å². The minimum Gasteiger partial charge on any atom is -0.343 e. The van der Waals surface area contributed by atoms with E-state index in [0.29, 0.717) is 23.9 Å². The second-order valence-corrected chi connectivity index (χ2v) is 11.9. The topological polar surface area (TPSA) is 105 Å². The summed E-state index contributed by atoms with van der Waals surface area (Å²) < 4.78 is 64.1. The number of piperidine rings is 1. The van der Waals surface area contributed by atoms with E-state index in [1.165, 1.54) is 35.2 Å². The molecule has 14 heteroatoms. The Hall–Kier alpha value is -2.38. The quantitative estimate of drug-likeness (QED) is 0.460. The number of amides is 2. The van der Waals surface area contributed by atoms with Crippen LogP contribution in [0, 0.1) is 0 Å². The van der Waals surface area contributed by atoms with Crippen molar-refractivity contribution in [1.82, 2.24) is 15.5 Å². The molecule has 2 fully saturated rings. The summed E-state index contributed by atoms with van der Waals surface area (Å²) in [6, 6.07) is 9.98. The average molecular weight is 625 g/mol. The molecule has 1 unspecified atom stereocenters. The smallest absolute Gasteiger partial charge is 0.343 e. The normalized spacial score (nSPS) is 18.1. The van der Waals surface area contributed by atoms with E-state index in [9.17, 15) is 31.2 Å². The fourth-order valence-corrected chi connectivity index (χ4v) is 5.34. The van der Waals surface area contributed by atoms with E-state index in [1.54, 1.807) is 12.1 Å². The van der Waals surface area contributed by atoms with Gasteiger partial charge in [0.2, 0.25) is 5.91 Å². The van der Waals surface area contributed by atoms with Gasteiger partial charge in [0.1, 0.15) is 0 Å². The van der Waals surface area contributed by atoms with Crippen LogP contribution in [0.25, 0.3) is 0 Å². The van der Waals surface area contributed by atoms with Gasteiger partial charge < -0.3 is 15.5 Å². The monoisotopic (exact) mass is 623 g/mol. The molecular weight excluding hydrogens is 594 g/mol. The molecule has 220 valence electrons. The Kier molecular flexibility index (Phi) is 11.2. The average Bonchev–Trinajstić information content (AvgIpc) is 3.36. The molecular formula is C26H30Cl2F3N3O5S. The highest BCUT2D eigenvalue weighted by Gasteiger charge is 2.31. The zero-order chi connectivity index (χ0) is 29.5. The fraction of sp³-hybridized carbons (Fsp3) is 0.462. The van der Waals surface area contributed by atoms with Crippen LogP contribution in [0.4, 0.5) is 13.2 Å². The molecule has 2 aromatic carbocycles. The fourth-order valence-electron chi connectivity index (χ4n) is 4.39. The molecule has 2 amide bonds. The van der Waals surface area contributed by atoms with Crippen molar-refractivity contribution in [2.75, 3.05) is 39.0 Å². The molecule has 0 bridgehead atoms. The van der Waals surface area contributed by atoms with Gasteiger partial charge in [0.05, 0.1) is 34.5 Å². The Morgan fingerprint density at radius 1 is 1.05 bits per heavy atom. The molecule has 8 nitrogen and oxygen atoms in total. The number of benzene rings is 2. The van der Waals surface area contributed by atoms with Crippen LogP contribution < -0.4 is 10.6 Å². The number of hydrogen-bond acceptors (Lipinski definition) is 6. The molecule has 0 aromatic heterocycles. The maximum Gasteiger partial charge on any atom is 0.416 e. The molecule has 0 saturated carbocycles. The van der Waals surface area contributed by atoms with Gasteiger partial charge in [-0.2, -0.15) is 21.6 Å². The van der Waals surface area contributed by atoms with E-state index in [2.05, 4.69) is 10.6 Å². The summed E-state index contributed by atoms with van der Waals surface area (Å²) in [5, 5.41) is 6.31. The van der Waals surface area contributed by atoms with Crippen LogP contribution in [0.5, 0.6) is 0 Å². The van der Waals surface area contributed by atoms with Gasteiger partial charge in [-0.25, -0.2) is 0 Å². The molecule has 40 heavy (non-hydrogen) atoms. The summed E-state index contributed by atoms with van der Waals surface area (Å²) in [4.78, 5) is 25.5. The Bertz CT molecular complexity index is 1290. The number of nitrogens with one attached hydrogen (secondary N) is 2. The Balaban J connectivity index is 0.000000238. The number of carbonyl (C=O) groups excluding carboxylic acids is 2. The second-order valence-electron chi connectivity index (χ2n) is 9.51. The van der Waals surface area contributed by atoms with Crippen molar-refractivity contribution in [2.45, 2.75) is 37.5 Å². The molecule has 2 N–H and O–H groups in total. The van der Waals surface area contributed by atoms with E-state index in [0.717, 1.165) is 37.8 Å². The summed E-state index contributed by atoms with van der Waals surface area (Å²) in [5.74, 6) is -0.364. The lowest BCUT2D eigenvalue weighted by Gasteiger charge is -2.23. The summed E-state index contributed by atoms with van der Waals surface area (Å²) in [6.45, 7) is 2.25. The van der Waals surface area contributed by atoms with Gasteiger partial charge in [0.25, 0.3) is 16.0 Å². The first kappa shape index (κ1) is 32.1. The highest BCUT2D eigenvalue weighted by Crippen LogP contribution is 2.32. The van der Waals surface area contributed by atoms with E-state index < -0.39 is 33.9 Å². The van der Waals surface area contributed by atoms with Gasteiger partial charge in [-0.3, -0.25) is 13.8 Å². The summed E-state index contributed by atoms with van der Waals surface area (Å²) >= 11 is 11.6. The molecule has 0 radical (unpaired) electrons. The van der Waals surface area contributed by atoms with Crippen molar-refractivity contribution in [3.63, 3.8) is 0 Å². The molecule has 0 spiro atoms. The Labute approximate surface area is 241 Å². The predicted molar refractivity (Wildman–Crippen MR) is 146 cm³/mol. The maximum absolute atomic E-state index is 12.4. The lowest BCUT2D eigenvalue weighted by Crippen LogP contribution is -2.39. The molecule has 2 aliphatic heterocycles. The largest absolute Gasteiger partial charge is 0.416 e. The third-order valence-corrected chi connectivity index (χ3v) is 7.80. The van der Waals surface area contributed by atoms with Crippen molar-refractivity contribution in [3.05, 3.63) is 69.2 Å². The van der Waals surface area contributed by atoms with Gasteiger partial charge in [-0.1, -0.05) is 35.3 Å². The van der Waals surface area contributed by atoms with Crippen molar-refractivity contribution in [1.29, 1.82) is 0 Å². The van der Waals surface area contributed by atoms with Crippen molar-refractivity contribution in [3.8, 4) is 0 Å². The van der Waals surface area contributed by atoms with Crippen LogP contribution in [0.2, 0.25) is 10.0 Å². The first-order chi connectivity index (χ1) is 18.7. The van der Waals surface area contributed by atoms with Crippen molar-refractivity contribution in [2.24, 2.45) is 0 Å². The molecule has 2 saturated heterocycles. The number of hydrogen-bond donors (Lipinski definition) is 2. The molecule has 2 aromatic rings. The SMILES string of the molecule is CS(=O)(=O)OC1CCN(C(=O)CNC(=O)c2ccc(Cl)c(Cl)c2)C1.FC(F)(F)c1ccc(C2CCNCC2)cc1. The second kappa shape index (κ2) is 14.0. The highest BCUT2D eigenvalue weighted by molar-refractivity contribution is 7.86. The van der Waals surface area contributed by atoms with Gasteiger partial charge in [-0.05, 0) is 74.2 Å². The first-order valence-electron chi connectivity index (χ1n) is 12.5. The standard InChI is InChI=1S/C14H16Cl2N2O5S.C12H14F3N/c1-24(21,22)23-10-4-5-18(8-10)13(19)7-17-14(20)9-2-3-11(15)12(16)6-9;13-12(14,15)11-3-1-9(2-4-11)10-5-7-16-8-6-10/h2-3,6,10H,4-5,7-8H2,1H3,(H,17,20);1-4,10,16H,5-8H2. The molecule has 2 aliphatic rings. The van der Waals surface area contributed by atoms with Crippen molar-refractivity contribution >= 4 is 45.1 Å². The number of nitrogens with zero attached hydrogens (tertiary/aromatic N) is 1. The summed E-state index contributed by atoms with van der Waals surface area (Å²) in [5.41, 5.74) is 0.747. The van der Waals surface area contributed by atoms with E-state index >= 15 is 0 Å². The summed E-state index contributed by atoms with van der Waals surface area (Å²) in [6.07, 6.45) is -1.37. The van der Waals surface area contributed by atoms with Crippen LogP contribution in [0.1, 0.15) is 46.7 Å². The first-order valence-corrected chi connectivity index (χ1v) is 15.1. The van der Waals surface area contributed by atoms with Crippen LogP contribution in [0.3, 0.4) is 0 Å². The highest BCUT2D eigenvalue weighted by atomic mass is 35.5. The van der Waals surface area contributed by atoms with E-state index in [1.807, 2.05) is 0 Å². The van der Waals surface area contributed by atoms with E-state index in [4.69, 9.17) is 27.4 Å². The van der Waals surface area contributed by atoms with Crippen LogP contribution in [-0.2, 0) is 25.3 Å². The third kappa shape index (κ3) is 9.91. The van der Waals surface area contributed by atoms with Gasteiger partial charge in [-0.15, -0.1) is 0 Å². The molecule has 0 aliphatic carbocycles. The lowest BCUT2D eigenvalue weighted by molar-refractivity contribution is -0.137. The minimum atomic E-state index is -4.23. The number of likely N-dealkylation sites (tertiary alicyclic amines) is 1. The number of alkyl halides is 3. The predicted octanol–water partition coefficient (Wildman–Crippen LogP) is 4.47. The number of carbonyl (C=O) groups is 2. The molecule has 2 heterocycles. The molecule has 4 rings (SSSR count). The van der Waals surface area contributed by atoms with E-state index in [-0.39, 0.29) is 29.6 Å². The Morgan fingerprint density at radius 3 is 2.27 bits per heavy atom. The van der Waals surface area contributed by atoms with Crippen LogP contribution in [0.15, 0.2) is 42.5 Å². The summed E-state index contributed by atoms with van der Waals surface area (Å²) in [7, 11) is -3.56. The maximum atomic E-state index is 12.4. The number of halogens is 5. The molecule has 1 atom stereocenters. The van der Waals surface area contributed by atoms with Gasteiger partial charge in [0.15, 0.2) is 0 Å². The Morgan fingerprint density at radius 2 is 1.70 bits per heavy atom. The zero-order valence-corrected chi connectivity index (χ0v) is 24.0. The zero-order valence-electron chi connectivity index (χ0n) is 21.6. The third-order valence-electron chi connectivity index (χ3n) is 6.44. The van der Waals surface area contributed by atoms with Gasteiger partial charge in [0, 0.05) is 18.7 Å². The van der Waals surface area contributed by atoms with Crippen molar-refractivity contribution < 1.29 is 35.4 Å². The lowest BCUT2D eigenvalue weighted by atomic mass is 9.90. The van der Waals surface area contributed by atoms with Gasteiger partial charge >= 0.3 is 6.18 Å². The number of rotatable bonds is 6.